The molecule has 2 aromatic rings. The predicted octanol–water partition coefficient (Wildman–Crippen LogP) is 2.78. The number of aryl methyl sites for hydroxylation is 1. The Morgan fingerprint density at radius 3 is 2.31 bits per heavy atom. The van der Waals surface area contributed by atoms with Crippen LogP contribution in [0.1, 0.15) is 54.7 Å². The van der Waals surface area contributed by atoms with E-state index in [1.165, 1.54) is 18.9 Å². The van der Waals surface area contributed by atoms with Crippen LogP contribution < -0.4 is 19.8 Å². The molecule has 3 aliphatic rings. The molecule has 0 radical (unpaired) electrons. The van der Waals surface area contributed by atoms with Crippen LogP contribution in [0.25, 0.3) is 0 Å². The van der Waals surface area contributed by atoms with Gasteiger partial charge in [-0.05, 0) is 56.2 Å². The third-order valence-electron chi connectivity index (χ3n) is 7.74. The number of aliphatic hydroxyl groups excluding tert-OH is 1. The number of hydrogen-bond acceptors (Lipinski definition) is 9. The number of nitrogens with zero attached hydrogens (tertiary/aromatic N) is 5. The smallest absolute Gasteiger partial charge is 0.260 e. The van der Waals surface area contributed by atoms with E-state index >= 15 is 0 Å². The largest absolute Gasteiger partial charge is 0.395 e. The number of carbonyl (C=O) groups is 1. The van der Waals surface area contributed by atoms with Gasteiger partial charge in [-0.2, -0.15) is 15.0 Å². The van der Waals surface area contributed by atoms with Gasteiger partial charge >= 0.3 is 0 Å². The van der Waals surface area contributed by atoms with Crippen molar-refractivity contribution in [2.45, 2.75) is 51.4 Å². The molecule has 1 aromatic heterocycles. The molecule has 3 heterocycles. The molecule has 3 fully saturated rings. The summed E-state index contributed by atoms with van der Waals surface area (Å²) in [5.74, 6) is -3.05. The molecule has 39 heavy (non-hydrogen) atoms. The first-order valence-corrected chi connectivity index (χ1v) is 14.8. The second-order valence-corrected chi connectivity index (χ2v) is 12.5. The van der Waals surface area contributed by atoms with Crippen molar-refractivity contribution < 1.29 is 27.1 Å². The number of rotatable bonds is 8. The van der Waals surface area contributed by atoms with Crippen molar-refractivity contribution in [3.8, 4) is 0 Å². The summed E-state index contributed by atoms with van der Waals surface area (Å²) in [6.45, 7) is 2.79. The fourth-order valence-electron chi connectivity index (χ4n) is 5.17. The first-order valence-electron chi connectivity index (χ1n) is 13.1. The lowest BCUT2D eigenvalue weighted by Crippen LogP contribution is -2.40. The van der Waals surface area contributed by atoms with E-state index in [0.717, 1.165) is 25.9 Å². The molecule has 1 aromatic carbocycles. The Balaban J connectivity index is 1.39. The Hall–Kier alpha value is -3.13. The molecule has 1 amide bonds. The average Bonchev–Trinajstić information content (AvgIpc) is 3.62. The van der Waals surface area contributed by atoms with Crippen molar-refractivity contribution in [2.24, 2.45) is 5.41 Å². The minimum atomic E-state index is -3.75. The number of amides is 1. The number of nitrogens with one attached hydrogen (secondary N) is 2. The van der Waals surface area contributed by atoms with Gasteiger partial charge in [-0.15, -0.1) is 0 Å². The third kappa shape index (κ3) is 6.55. The number of halogens is 2. The van der Waals surface area contributed by atoms with Crippen LogP contribution in [0.3, 0.4) is 0 Å². The number of aliphatic hydroxyl groups is 1. The highest BCUT2D eigenvalue weighted by atomic mass is 32.2. The molecule has 212 valence electrons. The number of aromatic nitrogens is 3. The average molecular weight is 566 g/mol. The molecular formula is C25H33F2N7O4S. The van der Waals surface area contributed by atoms with Crippen molar-refractivity contribution in [1.82, 2.24) is 15.0 Å². The van der Waals surface area contributed by atoms with E-state index in [9.17, 15) is 22.0 Å². The van der Waals surface area contributed by atoms with Crippen LogP contribution in [0.15, 0.2) is 18.2 Å². The Kier molecular flexibility index (Phi) is 7.35. The molecule has 1 saturated carbocycles. The highest BCUT2D eigenvalue weighted by molar-refractivity contribution is 7.92. The third-order valence-corrected chi connectivity index (χ3v) is 9.00. The van der Waals surface area contributed by atoms with Gasteiger partial charge in [0, 0.05) is 39.0 Å². The van der Waals surface area contributed by atoms with E-state index in [1.807, 2.05) is 0 Å². The predicted molar refractivity (Wildman–Crippen MR) is 143 cm³/mol. The summed E-state index contributed by atoms with van der Waals surface area (Å²) >= 11 is 0. The minimum Gasteiger partial charge on any atom is -0.395 e. The van der Waals surface area contributed by atoms with Crippen molar-refractivity contribution in [1.29, 1.82) is 0 Å². The number of alkyl halides is 2. The summed E-state index contributed by atoms with van der Waals surface area (Å²) in [4.78, 5) is 30.0. The molecule has 11 nitrogen and oxygen atoms in total. The Bertz CT molecular complexity index is 1330. The first kappa shape index (κ1) is 27.4. The number of carbonyl (C=O) groups excluding carboxylic acids is 1. The van der Waals surface area contributed by atoms with Crippen LogP contribution in [0.4, 0.5) is 32.1 Å². The summed E-state index contributed by atoms with van der Waals surface area (Å²) in [6, 6.07) is 4.68. The van der Waals surface area contributed by atoms with Gasteiger partial charge in [0.05, 0.1) is 29.3 Å². The zero-order valence-electron chi connectivity index (χ0n) is 21.8. The monoisotopic (exact) mass is 565 g/mol. The van der Waals surface area contributed by atoms with E-state index in [1.54, 1.807) is 24.0 Å². The van der Waals surface area contributed by atoms with Gasteiger partial charge in [-0.25, -0.2) is 17.2 Å². The maximum Gasteiger partial charge on any atom is 0.260 e. The Morgan fingerprint density at radius 1 is 1.00 bits per heavy atom. The maximum atomic E-state index is 13.6. The lowest BCUT2D eigenvalue weighted by Gasteiger charge is -2.35. The summed E-state index contributed by atoms with van der Waals surface area (Å²) in [6.07, 6.45) is 3.83. The molecule has 3 N–H and O–H groups in total. The zero-order chi connectivity index (χ0) is 27.8. The number of sulfonamides is 1. The maximum absolute atomic E-state index is 13.6. The molecule has 1 spiro atoms. The highest BCUT2D eigenvalue weighted by Gasteiger charge is 2.44. The Labute approximate surface area is 226 Å². The number of piperidine rings is 2. The standard InChI is InChI=1S/C25H33F2N7O4S/c1-17-28-22(31-23(29-17)34-12-8-25(26,27)9-13-34)30-21(36)19-3-2-18(32-39(37,38)15-14-35)16-20(19)33-10-6-24(4-5-24)7-11-33/h2-3,16,32,35H,4-15H2,1H3,(H,28,29,30,31,36). The molecular weight excluding hydrogens is 532 g/mol. The van der Waals surface area contributed by atoms with E-state index < -0.39 is 34.2 Å². The highest BCUT2D eigenvalue weighted by Crippen LogP contribution is 2.54. The lowest BCUT2D eigenvalue weighted by molar-refractivity contribution is -0.0222. The van der Waals surface area contributed by atoms with Crippen molar-refractivity contribution in [2.75, 3.05) is 58.4 Å². The van der Waals surface area contributed by atoms with Crippen molar-refractivity contribution >= 4 is 39.2 Å². The van der Waals surface area contributed by atoms with Crippen LogP contribution >= 0.6 is 0 Å². The number of anilines is 4. The Morgan fingerprint density at radius 2 is 1.67 bits per heavy atom. The normalized spacial score (nSPS) is 20.1. The zero-order valence-corrected chi connectivity index (χ0v) is 22.6. The number of hydrogen-bond donors (Lipinski definition) is 3. The topological polar surface area (TPSA) is 141 Å². The van der Waals surface area contributed by atoms with Crippen LogP contribution in [0.5, 0.6) is 0 Å². The van der Waals surface area contributed by atoms with Gasteiger partial charge in [0.15, 0.2) is 0 Å². The lowest BCUT2D eigenvalue weighted by atomic mass is 9.93. The van der Waals surface area contributed by atoms with Crippen LogP contribution in [-0.2, 0) is 10.0 Å². The van der Waals surface area contributed by atoms with Gasteiger partial charge in [0.25, 0.3) is 11.8 Å². The first-order chi connectivity index (χ1) is 18.5. The molecule has 1 aliphatic carbocycles. The molecule has 0 bridgehead atoms. The summed E-state index contributed by atoms with van der Waals surface area (Å²) in [5.41, 5.74) is 1.60. The van der Waals surface area contributed by atoms with E-state index in [0.29, 0.717) is 28.2 Å². The fourth-order valence-corrected chi connectivity index (χ4v) is 5.99. The summed E-state index contributed by atoms with van der Waals surface area (Å²) < 4.78 is 54.2. The van der Waals surface area contributed by atoms with Gasteiger partial charge in [0.1, 0.15) is 5.82 Å². The second-order valence-electron chi connectivity index (χ2n) is 10.7. The van der Waals surface area contributed by atoms with Crippen molar-refractivity contribution in [3.63, 3.8) is 0 Å². The van der Waals surface area contributed by atoms with Crippen LogP contribution in [0.2, 0.25) is 0 Å². The van der Waals surface area contributed by atoms with Gasteiger partial charge < -0.3 is 14.9 Å². The van der Waals surface area contributed by atoms with Crippen LogP contribution in [0, 0.1) is 12.3 Å². The molecule has 0 unspecified atom stereocenters. The van der Waals surface area contributed by atoms with Crippen molar-refractivity contribution in [3.05, 3.63) is 29.6 Å². The fraction of sp³-hybridized carbons (Fsp3) is 0.600. The SMILES string of the molecule is Cc1nc(NC(=O)c2ccc(NS(=O)(=O)CCO)cc2N2CCC3(CC2)CC3)nc(N2CCC(F)(F)CC2)n1. The van der Waals surface area contributed by atoms with Crippen LogP contribution in [-0.4, -0.2) is 78.8 Å². The van der Waals surface area contributed by atoms with Gasteiger partial charge in [-0.3, -0.25) is 14.8 Å². The number of benzene rings is 1. The molecule has 5 rings (SSSR count). The molecule has 2 aliphatic heterocycles. The molecule has 2 saturated heterocycles. The summed E-state index contributed by atoms with van der Waals surface area (Å²) in [5, 5.41) is 11.8. The van der Waals surface area contributed by atoms with E-state index in [2.05, 4.69) is 29.9 Å². The second kappa shape index (κ2) is 10.5. The van der Waals surface area contributed by atoms with Gasteiger partial charge in [-0.1, -0.05) is 0 Å². The van der Waals surface area contributed by atoms with Gasteiger partial charge in [0.2, 0.25) is 21.9 Å². The minimum absolute atomic E-state index is 0.00841. The molecule has 14 heteroatoms. The molecule has 0 atom stereocenters. The quantitative estimate of drug-likeness (QED) is 0.441. The summed E-state index contributed by atoms with van der Waals surface area (Å²) in [7, 11) is -3.75. The van der Waals surface area contributed by atoms with E-state index in [4.69, 9.17) is 5.11 Å². The van der Waals surface area contributed by atoms with E-state index in [-0.39, 0.29) is 37.8 Å².